The second kappa shape index (κ2) is 7.37. The first-order chi connectivity index (χ1) is 13.1. The highest BCUT2D eigenvalue weighted by molar-refractivity contribution is 7.89. The van der Waals surface area contributed by atoms with Gasteiger partial charge in [0.05, 0.1) is 15.8 Å². The molecule has 8 heteroatoms. The van der Waals surface area contributed by atoms with Crippen LogP contribution in [-0.4, -0.2) is 34.9 Å². The van der Waals surface area contributed by atoms with E-state index in [9.17, 15) is 18.0 Å². The molecule has 0 aliphatic rings. The average Bonchev–Trinajstić information content (AvgIpc) is 2.70. The number of sulfonamides is 1. The van der Waals surface area contributed by atoms with Crippen LogP contribution in [0.2, 0.25) is 0 Å². The van der Waals surface area contributed by atoms with E-state index in [4.69, 9.17) is 0 Å². The van der Waals surface area contributed by atoms with Gasteiger partial charge in [-0.2, -0.15) is 4.31 Å². The van der Waals surface area contributed by atoms with Crippen LogP contribution in [0.15, 0.2) is 63.0 Å². The van der Waals surface area contributed by atoms with Crippen molar-refractivity contribution in [2.45, 2.75) is 24.3 Å². The molecule has 28 heavy (non-hydrogen) atoms. The van der Waals surface area contributed by atoms with Gasteiger partial charge in [-0.15, -0.1) is 0 Å². The van der Waals surface area contributed by atoms with Gasteiger partial charge < -0.3 is 0 Å². The van der Waals surface area contributed by atoms with Crippen molar-refractivity contribution in [3.05, 3.63) is 74.9 Å². The number of aryl methyl sites for hydroxylation is 1. The van der Waals surface area contributed by atoms with E-state index in [-0.39, 0.29) is 16.3 Å². The minimum Gasteiger partial charge on any atom is -0.296 e. The monoisotopic (exact) mass is 401 g/mol. The number of nitrogens with zero attached hydrogens (tertiary/aromatic N) is 3. The number of fused-ring (bicyclic) bond motifs is 1. The topological polar surface area (TPSA) is 81.4 Å². The van der Waals surface area contributed by atoms with E-state index >= 15 is 0 Å². The van der Waals surface area contributed by atoms with Crippen LogP contribution in [0.25, 0.3) is 10.9 Å². The molecule has 0 aliphatic carbocycles. The zero-order valence-electron chi connectivity index (χ0n) is 16.3. The van der Waals surface area contributed by atoms with Gasteiger partial charge in [0.2, 0.25) is 10.0 Å². The van der Waals surface area contributed by atoms with Crippen LogP contribution in [0, 0.1) is 0 Å². The first-order valence-corrected chi connectivity index (χ1v) is 10.3. The smallest absolute Gasteiger partial charge is 0.296 e. The summed E-state index contributed by atoms with van der Waals surface area (Å²) in [7, 11) is 0.651. The van der Waals surface area contributed by atoms with Crippen molar-refractivity contribution in [2.75, 3.05) is 7.05 Å². The van der Waals surface area contributed by atoms with Gasteiger partial charge in [0, 0.05) is 27.2 Å². The summed E-state index contributed by atoms with van der Waals surface area (Å²) in [4.78, 5) is 24.5. The molecule has 2 aromatic carbocycles. The number of likely N-dealkylation sites (N-methyl/N-ethyl adjacent to an activating group) is 1. The molecule has 0 radical (unpaired) electrons. The Morgan fingerprint density at radius 3 is 2.29 bits per heavy atom. The highest BCUT2D eigenvalue weighted by Gasteiger charge is 2.26. The third kappa shape index (κ3) is 3.41. The molecule has 0 fully saturated rings. The Labute approximate surface area is 163 Å². The van der Waals surface area contributed by atoms with E-state index in [0.29, 0.717) is 11.9 Å². The number of aromatic nitrogens is 2. The quantitative estimate of drug-likeness (QED) is 0.649. The lowest BCUT2D eigenvalue weighted by Gasteiger charge is -2.24. The van der Waals surface area contributed by atoms with E-state index in [1.807, 2.05) is 37.3 Å². The zero-order valence-corrected chi connectivity index (χ0v) is 17.1. The van der Waals surface area contributed by atoms with Crippen LogP contribution < -0.4 is 11.2 Å². The molecule has 0 spiro atoms. The van der Waals surface area contributed by atoms with Crippen molar-refractivity contribution in [1.82, 2.24) is 13.4 Å². The fourth-order valence-electron chi connectivity index (χ4n) is 3.22. The second-order valence-electron chi connectivity index (χ2n) is 6.94. The molecule has 0 bridgehead atoms. The summed E-state index contributed by atoms with van der Waals surface area (Å²) in [5.74, 6) is 0. The van der Waals surface area contributed by atoms with Crippen molar-refractivity contribution in [1.29, 1.82) is 0 Å². The lowest BCUT2D eigenvalue weighted by Crippen LogP contribution is -2.38. The van der Waals surface area contributed by atoms with E-state index in [2.05, 4.69) is 0 Å². The van der Waals surface area contributed by atoms with Gasteiger partial charge in [-0.3, -0.25) is 13.9 Å². The Kier molecular flexibility index (Phi) is 5.27. The molecule has 1 aromatic heterocycles. The highest BCUT2D eigenvalue weighted by Crippen LogP contribution is 2.21. The summed E-state index contributed by atoms with van der Waals surface area (Å²) in [6, 6.07) is 13.7. The van der Waals surface area contributed by atoms with Crippen LogP contribution >= 0.6 is 0 Å². The summed E-state index contributed by atoms with van der Waals surface area (Å²) in [6.45, 7) is 1.84. The van der Waals surface area contributed by atoms with E-state index < -0.39 is 21.3 Å². The third-order valence-corrected chi connectivity index (χ3v) is 7.08. The molecule has 0 N–H and O–H groups in total. The largest absolute Gasteiger partial charge is 0.330 e. The van der Waals surface area contributed by atoms with Crippen molar-refractivity contribution in [3.63, 3.8) is 0 Å². The fraction of sp³-hybridized carbons (Fsp3) is 0.300. The van der Waals surface area contributed by atoms with Crippen molar-refractivity contribution in [2.24, 2.45) is 14.1 Å². The molecule has 7 nitrogen and oxygen atoms in total. The molecule has 0 unspecified atom stereocenters. The molecule has 0 saturated heterocycles. The van der Waals surface area contributed by atoms with Crippen LogP contribution in [0.1, 0.15) is 12.5 Å². The molecule has 1 heterocycles. The van der Waals surface area contributed by atoms with Gasteiger partial charge in [-0.05, 0) is 37.1 Å². The minimum atomic E-state index is -3.80. The molecule has 0 saturated carbocycles. The summed E-state index contributed by atoms with van der Waals surface area (Å²) < 4.78 is 29.8. The van der Waals surface area contributed by atoms with Crippen LogP contribution in [0.5, 0.6) is 0 Å². The number of rotatable bonds is 5. The first-order valence-electron chi connectivity index (χ1n) is 8.86. The predicted molar refractivity (Wildman–Crippen MR) is 109 cm³/mol. The minimum absolute atomic E-state index is 0.0261. The molecule has 1 atom stereocenters. The van der Waals surface area contributed by atoms with Gasteiger partial charge in [0.15, 0.2) is 0 Å². The van der Waals surface area contributed by atoms with Crippen LogP contribution in [0.3, 0.4) is 0 Å². The van der Waals surface area contributed by atoms with Crippen molar-refractivity contribution in [3.8, 4) is 0 Å². The number of benzene rings is 2. The molecular formula is C20H23N3O4S. The number of hydrogen-bond acceptors (Lipinski definition) is 4. The maximum atomic E-state index is 13.1. The van der Waals surface area contributed by atoms with Gasteiger partial charge in [-0.25, -0.2) is 13.2 Å². The van der Waals surface area contributed by atoms with E-state index in [0.717, 1.165) is 10.1 Å². The molecule has 3 rings (SSSR count). The Balaban J connectivity index is 2.02. The Hall–Kier alpha value is -2.71. The summed E-state index contributed by atoms with van der Waals surface area (Å²) in [5.41, 5.74) is 0.461. The van der Waals surface area contributed by atoms with Gasteiger partial charge >= 0.3 is 5.69 Å². The highest BCUT2D eigenvalue weighted by atomic mass is 32.2. The Bertz CT molecular complexity index is 1240. The molecular weight excluding hydrogens is 378 g/mol. The van der Waals surface area contributed by atoms with Crippen LogP contribution in [-0.2, 0) is 30.5 Å². The SMILES string of the molecule is C[C@@H](Cc1ccccc1)N(C)S(=O)(=O)c1ccc2c(c1)c(=O)n(C)c(=O)n2C. The summed E-state index contributed by atoms with van der Waals surface area (Å²) >= 11 is 0. The van der Waals surface area contributed by atoms with E-state index in [1.54, 1.807) is 7.05 Å². The molecule has 148 valence electrons. The Morgan fingerprint density at radius 2 is 1.64 bits per heavy atom. The summed E-state index contributed by atoms with van der Waals surface area (Å²) in [6.07, 6.45) is 0.570. The van der Waals surface area contributed by atoms with E-state index in [1.165, 1.54) is 41.2 Å². The van der Waals surface area contributed by atoms with Crippen molar-refractivity contribution >= 4 is 20.9 Å². The Morgan fingerprint density at radius 1 is 1.00 bits per heavy atom. The van der Waals surface area contributed by atoms with Crippen molar-refractivity contribution < 1.29 is 8.42 Å². The molecule has 0 amide bonds. The zero-order chi connectivity index (χ0) is 20.6. The second-order valence-corrected chi connectivity index (χ2v) is 8.94. The van der Waals surface area contributed by atoms with Crippen LogP contribution in [0.4, 0.5) is 0 Å². The predicted octanol–water partition coefficient (Wildman–Crippen LogP) is 1.49. The molecule has 3 aromatic rings. The first kappa shape index (κ1) is 20.0. The maximum Gasteiger partial charge on any atom is 0.330 e. The van der Waals surface area contributed by atoms with Gasteiger partial charge in [0.1, 0.15) is 0 Å². The normalized spacial score (nSPS) is 13.2. The lowest BCUT2D eigenvalue weighted by molar-refractivity contribution is 0.387. The average molecular weight is 401 g/mol. The number of hydrogen-bond donors (Lipinski definition) is 0. The standard InChI is InChI=1S/C20H23N3O4S/c1-14(12-15-8-6-5-7-9-15)23(4)28(26,27)16-10-11-18-17(13-16)19(24)22(3)20(25)21(18)2/h5-11,13-14H,12H2,1-4H3/t14-/m0/s1. The van der Waals surface area contributed by atoms with Gasteiger partial charge in [-0.1, -0.05) is 30.3 Å². The molecule has 0 aliphatic heterocycles. The van der Waals surface area contributed by atoms with Gasteiger partial charge in [0.25, 0.3) is 5.56 Å². The lowest BCUT2D eigenvalue weighted by atomic mass is 10.1. The maximum absolute atomic E-state index is 13.1. The third-order valence-electron chi connectivity index (χ3n) is 5.11. The summed E-state index contributed by atoms with van der Waals surface area (Å²) in [5, 5.41) is 0.190. The fourth-order valence-corrected chi connectivity index (χ4v) is 4.61.